The highest BCUT2D eigenvalue weighted by Gasteiger charge is 2.41. The zero-order chi connectivity index (χ0) is 18.0. The molecule has 3 nitrogen and oxygen atoms in total. The van der Waals surface area contributed by atoms with Crippen LogP contribution in [0.3, 0.4) is 0 Å². The lowest BCUT2D eigenvalue weighted by Gasteiger charge is -2.29. The normalized spacial score (nSPS) is 24.4. The van der Waals surface area contributed by atoms with Crippen molar-refractivity contribution in [3.05, 3.63) is 41.5 Å². The first kappa shape index (κ1) is 19.2. The Bertz CT molecular complexity index is 591. The number of hydrogen-bond acceptors (Lipinski definition) is 3. The molecule has 1 aromatic rings. The van der Waals surface area contributed by atoms with Crippen LogP contribution in [0.15, 0.2) is 30.4 Å². The van der Waals surface area contributed by atoms with E-state index < -0.39 is 14.2 Å². The number of ether oxygens (including phenoxy) is 2. The van der Waals surface area contributed by atoms with E-state index in [1.807, 2.05) is 0 Å². The van der Waals surface area contributed by atoms with Crippen molar-refractivity contribution in [2.45, 2.75) is 63.9 Å². The summed E-state index contributed by atoms with van der Waals surface area (Å²) in [6.45, 7) is 16.4. The van der Waals surface area contributed by atoms with Crippen LogP contribution in [-0.2, 0) is 10.2 Å². The maximum absolute atomic E-state index is 10.1. The fraction of sp³-hybridized carbons (Fsp3) is 0.600. The molecule has 0 aliphatic heterocycles. The minimum Gasteiger partial charge on any atom is -0.467 e. The molecule has 0 heterocycles. The van der Waals surface area contributed by atoms with Gasteiger partial charge in [-0.3, -0.25) is 0 Å². The largest absolute Gasteiger partial charge is 0.467 e. The second kappa shape index (κ2) is 7.42. The number of aryl methyl sites for hydroxylation is 1. The van der Waals surface area contributed by atoms with Gasteiger partial charge in [-0.05, 0) is 43.0 Å². The number of benzene rings is 1. The predicted molar refractivity (Wildman–Crippen MR) is 103 cm³/mol. The highest BCUT2D eigenvalue weighted by molar-refractivity contribution is 6.76. The average molecular weight is 349 g/mol. The number of hydrogen-bond donors (Lipinski definition) is 1. The van der Waals surface area contributed by atoms with Gasteiger partial charge < -0.3 is 14.6 Å². The molecule has 1 saturated carbocycles. The molecule has 1 N–H and O–H groups in total. The molecule has 4 heteroatoms. The van der Waals surface area contributed by atoms with Crippen LogP contribution >= 0.6 is 0 Å². The van der Waals surface area contributed by atoms with Crippen molar-refractivity contribution < 1.29 is 14.6 Å². The lowest BCUT2D eigenvalue weighted by Crippen LogP contribution is -2.24. The standard InChI is InChI=1S/C20H32O3Si/c1-15-7-8-17(20(3)10-9-18(21)16(20)2)19(13-15)23-14-22-11-12-24(4,5)6/h7-8,13,18,21H,2,9-12,14H2,1,3-6H3/t18-,20+/m1/s1. The van der Waals surface area contributed by atoms with Crippen molar-refractivity contribution in [3.8, 4) is 5.75 Å². The van der Waals surface area contributed by atoms with Gasteiger partial charge >= 0.3 is 0 Å². The maximum atomic E-state index is 10.1. The van der Waals surface area contributed by atoms with Crippen molar-refractivity contribution in [3.63, 3.8) is 0 Å². The Morgan fingerprint density at radius 3 is 2.62 bits per heavy atom. The molecule has 134 valence electrons. The number of aliphatic hydroxyl groups excluding tert-OH is 1. The lowest BCUT2D eigenvalue weighted by atomic mass is 9.77. The van der Waals surface area contributed by atoms with Crippen LogP contribution in [0.5, 0.6) is 5.75 Å². The second-order valence-corrected chi connectivity index (χ2v) is 14.0. The third-order valence-corrected chi connectivity index (χ3v) is 6.76. The van der Waals surface area contributed by atoms with Crippen LogP contribution in [0.25, 0.3) is 0 Å². The van der Waals surface area contributed by atoms with Gasteiger partial charge in [-0.2, -0.15) is 0 Å². The Morgan fingerprint density at radius 1 is 1.33 bits per heavy atom. The highest BCUT2D eigenvalue weighted by Crippen LogP contribution is 2.47. The third kappa shape index (κ3) is 4.50. The zero-order valence-electron chi connectivity index (χ0n) is 15.8. The summed E-state index contributed by atoms with van der Waals surface area (Å²) in [6, 6.07) is 7.39. The fourth-order valence-corrected chi connectivity index (χ4v) is 3.94. The molecule has 1 fully saturated rings. The third-order valence-electron chi connectivity index (χ3n) is 5.05. The smallest absolute Gasteiger partial charge is 0.189 e. The van der Waals surface area contributed by atoms with Gasteiger partial charge in [0.25, 0.3) is 0 Å². The number of aliphatic hydroxyl groups is 1. The van der Waals surface area contributed by atoms with E-state index in [0.29, 0.717) is 0 Å². The van der Waals surface area contributed by atoms with Gasteiger partial charge in [0, 0.05) is 25.7 Å². The van der Waals surface area contributed by atoms with E-state index in [4.69, 9.17) is 9.47 Å². The summed E-state index contributed by atoms with van der Waals surface area (Å²) in [5.74, 6) is 0.848. The van der Waals surface area contributed by atoms with E-state index in [1.165, 1.54) is 0 Å². The molecule has 2 rings (SSSR count). The Kier molecular flexibility index (Phi) is 5.94. The summed E-state index contributed by atoms with van der Waals surface area (Å²) in [6.07, 6.45) is 1.23. The van der Waals surface area contributed by atoms with Crippen LogP contribution < -0.4 is 4.74 Å². The minimum atomic E-state index is -1.08. The molecule has 0 amide bonds. The van der Waals surface area contributed by atoms with E-state index in [0.717, 1.165) is 47.9 Å². The van der Waals surface area contributed by atoms with Crippen molar-refractivity contribution >= 4 is 8.07 Å². The Balaban J connectivity index is 2.07. The van der Waals surface area contributed by atoms with Gasteiger partial charge in [-0.1, -0.05) is 45.3 Å². The van der Waals surface area contributed by atoms with Gasteiger partial charge in [-0.15, -0.1) is 0 Å². The Morgan fingerprint density at radius 2 is 2.04 bits per heavy atom. The van der Waals surface area contributed by atoms with Crippen LogP contribution in [-0.4, -0.2) is 32.7 Å². The number of rotatable bonds is 7. The molecule has 1 aliphatic carbocycles. The fourth-order valence-electron chi connectivity index (χ4n) is 3.18. The molecule has 0 bridgehead atoms. The molecule has 24 heavy (non-hydrogen) atoms. The maximum Gasteiger partial charge on any atom is 0.189 e. The second-order valence-electron chi connectivity index (χ2n) is 8.39. The van der Waals surface area contributed by atoms with Gasteiger partial charge in [0.15, 0.2) is 6.79 Å². The van der Waals surface area contributed by atoms with Crippen molar-refractivity contribution in [2.75, 3.05) is 13.4 Å². The van der Waals surface area contributed by atoms with Crippen LogP contribution in [0.1, 0.15) is 30.9 Å². The van der Waals surface area contributed by atoms with E-state index in [9.17, 15) is 5.11 Å². The summed E-state index contributed by atoms with van der Waals surface area (Å²) in [4.78, 5) is 0. The highest BCUT2D eigenvalue weighted by atomic mass is 28.3. The Hall–Kier alpha value is -1.10. The molecule has 0 radical (unpaired) electrons. The first-order valence-electron chi connectivity index (χ1n) is 8.82. The van der Waals surface area contributed by atoms with E-state index in [-0.39, 0.29) is 12.2 Å². The van der Waals surface area contributed by atoms with Gasteiger partial charge in [-0.25, -0.2) is 0 Å². The Labute approximate surface area is 147 Å². The zero-order valence-corrected chi connectivity index (χ0v) is 16.8. The predicted octanol–water partition coefficient (Wildman–Crippen LogP) is 4.65. The van der Waals surface area contributed by atoms with Gasteiger partial charge in [0.2, 0.25) is 0 Å². The van der Waals surface area contributed by atoms with Crippen LogP contribution in [0.2, 0.25) is 25.7 Å². The van der Waals surface area contributed by atoms with E-state index in [2.05, 4.69) is 58.3 Å². The summed E-state index contributed by atoms with van der Waals surface area (Å²) in [5, 5.41) is 10.1. The summed E-state index contributed by atoms with van der Waals surface area (Å²) >= 11 is 0. The first-order valence-corrected chi connectivity index (χ1v) is 12.5. The van der Waals surface area contributed by atoms with Crippen LogP contribution in [0, 0.1) is 6.92 Å². The first-order chi connectivity index (χ1) is 11.1. The average Bonchev–Trinajstić information content (AvgIpc) is 2.74. The molecule has 1 aliphatic rings. The summed E-state index contributed by atoms with van der Waals surface area (Å²) < 4.78 is 11.7. The topological polar surface area (TPSA) is 38.7 Å². The SMILES string of the molecule is C=C1[C@H](O)CC[C@]1(C)c1ccc(C)cc1OCOCC[Si](C)(C)C. The minimum absolute atomic E-state index is 0.235. The molecule has 0 spiro atoms. The molecule has 1 aromatic carbocycles. The van der Waals surface area contributed by atoms with E-state index in [1.54, 1.807) is 0 Å². The quantitative estimate of drug-likeness (QED) is 0.337. The molecule has 0 saturated heterocycles. The van der Waals surface area contributed by atoms with Crippen molar-refractivity contribution in [1.29, 1.82) is 0 Å². The molecule has 0 unspecified atom stereocenters. The van der Waals surface area contributed by atoms with Gasteiger partial charge in [0.1, 0.15) is 5.75 Å². The van der Waals surface area contributed by atoms with Gasteiger partial charge in [0.05, 0.1) is 6.10 Å². The van der Waals surface area contributed by atoms with Crippen molar-refractivity contribution in [2.24, 2.45) is 0 Å². The molecule has 2 atom stereocenters. The summed E-state index contributed by atoms with van der Waals surface area (Å²) in [7, 11) is -1.08. The lowest BCUT2D eigenvalue weighted by molar-refractivity contribution is 0.0210. The molecular formula is C20H32O3Si. The summed E-state index contributed by atoms with van der Waals surface area (Å²) in [5.41, 5.74) is 2.91. The molecule has 0 aromatic heterocycles. The van der Waals surface area contributed by atoms with Crippen LogP contribution in [0.4, 0.5) is 0 Å². The van der Waals surface area contributed by atoms with E-state index >= 15 is 0 Å². The molecular weight excluding hydrogens is 316 g/mol. The monoisotopic (exact) mass is 348 g/mol. The van der Waals surface area contributed by atoms with Crippen molar-refractivity contribution in [1.82, 2.24) is 0 Å².